The van der Waals surface area contributed by atoms with Gasteiger partial charge in [-0.1, -0.05) is 25.5 Å². The van der Waals surface area contributed by atoms with Gasteiger partial charge in [0.2, 0.25) is 0 Å². The quantitative estimate of drug-likeness (QED) is 0.620. The molecule has 1 aliphatic carbocycles. The molecule has 0 aromatic rings. The van der Waals surface area contributed by atoms with E-state index in [2.05, 4.69) is 16.7 Å². The molecule has 108 valence electrons. The predicted octanol–water partition coefficient (Wildman–Crippen LogP) is 2.43. The molecule has 0 aliphatic heterocycles. The third kappa shape index (κ3) is 4.26. The van der Waals surface area contributed by atoms with Gasteiger partial charge in [0.25, 0.3) is 0 Å². The number of carbonyl (C=O) groups is 2. The Morgan fingerprint density at radius 2 is 2.05 bits per heavy atom. The van der Waals surface area contributed by atoms with Crippen molar-refractivity contribution in [3.8, 4) is 0 Å². The van der Waals surface area contributed by atoms with Crippen molar-refractivity contribution in [3.63, 3.8) is 0 Å². The van der Waals surface area contributed by atoms with Crippen LogP contribution in [0.3, 0.4) is 0 Å². The highest BCUT2D eigenvalue weighted by Crippen LogP contribution is 2.19. The number of hydrogen-bond acceptors (Lipinski definition) is 2. The van der Waals surface area contributed by atoms with Gasteiger partial charge in [-0.3, -0.25) is 0 Å². The van der Waals surface area contributed by atoms with Gasteiger partial charge in [-0.2, -0.15) is 0 Å². The van der Waals surface area contributed by atoms with Gasteiger partial charge in [-0.25, -0.2) is 9.59 Å². The molecule has 0 atom stereocenters. The molecule has 19 heavy (non-hydrogen) atoms. The zero-order chi connectivity index (χ0) is 14.3. The lowest BCUT2D eigenvalue weighted by molar-refractivity contribution is -0.144. The molecular weight excluding hydrogens is 244 g/mol. The Bertz CT molecular complexity index is 360. The molecule has 0 saturated carbocycles. The van der Waals surface area contributed by atoms with E-state index < -0.39 is 17.5 Å². The fourth-order valence-corrected chi connectivity index (χ4v) is 2.35. The van der Waals surface area contributed by atoms with Crippen LogP contribution >= 0.6 is 0 Å². The fourth-order valence-electron chi connectivity index (χ4n) is 2.35. The van der Waals surface area contributed by atoms with Gasteiger partial charge in [0, 0.05) is 6.54 Å². The first-order chi connectivity index (χ1) is 9.04. The number of nitrogens with one attached hydrogen (secondary N) is 2. The lowest BCUT2D eigenvalue weighted by Gasteiger charge is -2.28. The third-order valence-electron chi connectivity index (χ3n) is 3.84. The summed E-state index contributed by atoms with van der Waals surface area (Å²) in [4.78, 5) is 23.0. The zero-order valence-electron chi connectivity index (χ0n) is 11.8. The van der Waals surface area contributed by atoms with Crippen LogP contribution in [0, 0.1) is 0 Å². The summed E-state index contributed by atoms with van der Waals surface area (Å²) in [5.74, 6) is -0.980. The number of amides is 2. The van der Waals surface area contributed by atoms with Crippen LogP contribution in [0.2, 0.25) is 0 Å². The summed E-state index contributed by atoms with van der Waals surface area (Å²) in [6, 6.07) is -0.398. The summed E-state index contributed by atoms with van der Waals surface area (Å²) >= 11 is 0. The molecule has 5 nitrogen and oxygen atoms in total. The molecular formula is C14H24N2O3. The predicted molar refractivity (Wildman–Crippen MR) is 74.0 cm³/mol. The van der Waals surface area contributed by atoms with E-state index in [1.54, 1.807) is 13.8 Å². The number of rotatable bonds is 7. The smallest absolute Gasteiger partial charge is 0.329 e. The standard InChI is InChI=1S/C14H24N2O3/c1-3-14(4-2,12(17)18)16-13(19)15-10-9-11-7-5-6-8-11/h7H,3-6,8-10H2,1-2H3,(H,17,18)(H2,15,16,19). The van der Waals surface area contributed by atoms with Crippen LogP contribution < -0.4 is 10.6 Å². The Morgan fingerprint density at radius 1 is 1.37 bits per heavy atom. The maximum absolute atomic E-state index is 11.7. The minimum atomic E-state index is -1.16. The van der Waals surface area contributed by atoms with E-state index >= 15 is 0 Å². The second-order valence-electron chi connectivity index (χ2n) is 4.98. The van der Waals surface area contributed by atoms with Gasteiger partial charge in [0.05, 0.1) is 0 Å². The molecule has 0 unspecified atom stereocenters. The van der Waals surface area contributed by atoms with E-state index in [9.17, 15) is 14.7 Å². The summed E-state index contributed by atoms with van der Waals surface area (Å²) in [7, 11) is 0. The monoisotopic (exact) mass is 268 g/mol. The van der Waals surface area contributed by atoms with Crippen LogP contribution in [-0.4, -0.2) is 29.2 Å². The van der Waals surface area contributed by atoms with Crippen LogP contribution in [0.5, 0.6) is 0 Å². The van der Waals surface area contributed by atoms with Gasteiger partial charge >= 0.3 is 12.0 Å². The highest BCUT2D eigenvalue weighted by Gasteiger charge is 2.36. The van der Waals surface area contributed by atoms with Gasteiger partial charge < -0.3 is 15.7 Å². The van der Waals surface area contributed by atoms with Crippen molar-refractivity contribution < 1.29 is 14.7 Å². The number of carboxylic acids is 1. The van der Waals surface area contributed by atoms with Crippen molar-refractivity contribution in [1.82, 2.24) is 10.6 Å². The minimum Gasteiger partial charge on any atom is -0.480 e. The molecule has 0 aromatic heterocycles. The Labute approximate surface area is 114 Å². The summed E-state index contributed by atoms with van der Waals surface area (Å²) < 4.78 is 0. The van der Waals surface area contributed by atoms with Gasteiger partial charge in [0.1, 0.15) is 5.54 Å². The van der Waals surface area contributed by atoms with E-state index in [0.29, 0.717) is 19.4 Å². The molecule has 2 amide bonds. The Balaban J connectivity index is 2.38. The van der Waals surface area contributed by atoms with Crippen molar-refractivity contribution in [2.45, 2.75) is 57.9 Å². The average molecular weight is 268 g/mol. The molecule has 0 bridgehead atoms. The van der Waals surface area contributed by atoms with Crippen molar-refractivity contribution in [1.29, 1.82) is 0 Å². The Morgan fingerprint density at radius 3 is 2.53 bits per heavy atom. The second kappa shape index (κ2) is 7.16. The summed E-state index contributed by atoms with van der Waals surface area (Å²) in [5, 5.41) is 14.5. The summed E-state index contributed by atoms with van der Waals surface area (Å²) in [6.45, 7) is 4.09. The van der Waals surface area contributed by atoms with E-state index in [0.717, 1.165) is 19.3 Å². The van der Waals surface area contributed by atoms with Crippen LogP contribution in [0.15, 0.2) is 11.6 Å². The first-order valence-electron chi connectivity index (χ1n) is 7.01. The van der Waals surface area contributed by atoms with Crippen molar-refractivity contribution in [2.24, 2.45) is 0 Å². The van der Waals surface area contributed by atoms with Crippen LogP contribution in [0.25, 0.3) is 0 Å². The lowest BCUT2D eigenvalue weighted by atomic mass is 9.93. The fraction of sp³-hybridized carbons (Fsp3) is 0.714. The highest BCUT2D eigenvalue weighted by atomic mass is 16.4. The molecule has 5 heteroatoms. The molecule has 1 aliphatic rings. The number of carboxylic acid groups (broad SMARTS) is 1. The molecule has 0 heterocycles. The maximum Gasteiger partial charge on any atom is 0.329 e. The van der Waals surface area contributed by atoms with Crippen molar-refractivity contribution >= 4 is 12.0 Å². The number of allylic oxidation sites excluding steroid dienone is 1. The summed E-state index contributed by atoms with van der Waals surface area (Å²) in [5.41, 5.74) is 0.229. The largest absolute Gasteiger partial charge is 0.480 e. The molecule has 0 aromatic carbocycles. The SMILES string of the molecule is CCC(CC)(NC(=O)NCCC1=CCCC1)C(=O)O. The van der Waals surface area contributed by atoms with E-state index in [4.69, 9.17) is 0 Å². The molecule has 0 fully saturated rings. The topological polar surface area (TPSA) is 78.4 Å². The molecule has 0 spiro atoms. The first-order valence-corrected chi connectivity index (χ1v) is 7.01. The molecule has 0 saturated heterocycles. The Kier molecular flexibility index (Phi) is 5.86. The minimum absolute atomic E-state index is 0.372. The maximum atomic E-state index is 11.7. The van der Waals surface area contributed by atoms with E-state index in [-0.39, 0.29) is 0 Å². The second-order valence-corrected chi connectivity index (χ2v) is 4.98. The van der Waals surface area contributed by atoms with E-state index in [1.807, 2.05) is 0 Å². The number of aliphatic carboxylic acids is 1. The van der Waals surface area contributed by atoms with Gasteiger partial charge in [-0.15, -0.1) is 0 Å². The first kappa shape index (κ1) is 15.5. The van der Waals surface area contributed by atoms with Crippen LogP contribution in [0.1, 0.15) is 52.4 Å². The lowest BCUT2D eigenvalue weighted by Crippen LogP contribution is -2.56. The molecule has 0 radical (unpaired) electrons. The van der Waals surface area contributed by atoms with Crippen molar-refractivity contribution in [2.75, 3.05) is 6.54 Å². The third-order valence-corrected chi connectivity index (χ3v) is 3.84. The van der Waals surface area contributed by atoms with E-state index in [1.165, 1.54) is 12.0 Å². The Hall–Kier alpha value is -1.52. The number of urea groups is 1. The average Bonchev–Trinajstić information content (AvgIpc) is 2.89. The number of carbonyl (C=O) groups excluding carboxylic acids is 1. The van der Waals surface area contributed by atoms with Crippen LogP contribution in [0.4, 0.5) is 4.79 Å². The van der Waals surface area contributed by atoms with Gasteiger partial charge in [-0.05, 0) is 38.5 Å². The normalized spacial score (nSPS) is 14.9. The summed E-state index contributed by atoms with van der Waals surface area (Å²) in [6.07, 6.45) is 7.27. The number of hydrogen-bond donors (Lipinski definition) is 3. The van der Waals surface area contributed by atoms with Gasteiger partial charge in [0.15, 0.2) is 0 Å². The highest BCUT2D eigenvalue weighted by molar-refractivity contribution is 5.86. The zero-order valence-corrected chi connectivity index (χ0v) is 11.8. The van der Waals surface area contributed by atoms with Crippen LogP contribution in [-0.2, 0) is 4.79 Å². The molecule has 1 rings (SSSR count). The van der Waals surface area contributed by atoms with Crippen molar-refractivity contribution in [3.05, 3.63) is 11.6 Å². The molecule has 3 N–H and O–H groups in total.